The Balaban J connectivity index is 1.89. The Kier molecular flexibility index (Phi) is 5.57. The van der Waals surface area contributed by atoms with Crippen molar-refractivity contribution in [1.29, 1.82) is 0 Å². The van der Waals surface area contributed by atoms with Crippen LogP contribution in [0, 0.1) is 0 Å². The van der Waals surface area contributed by atoms with Crippen molar-refractivity contribution in [2.24, 2.45) is 7.05 Å². The molecule has 0 aliphatic heterocycles. The van der Waals surface area contributed by atoms with Crippen LogP contribution in [-0.4, -0.2) is 10.5 Å². The molecule has 1 N–H and O–H groups in total. The number of hydrogen-bond donors (Lipinski definition) is 1. The number of aromatic nitrogens is 1. The van der Waals surface area contributed by atoms with E-state index in [-0.39, 0.29) is 29.3 Å². The van der Waals surface area contributed by atoms with Gasteiger partial charge in [-0.25, -0.2) is 0 Å². The van der Waals surface area contributed by atoms with Gasteiger partial charge in [0.05, 0.1) is 23.1 Å². The minimum atomic E-state index is -4.56. The van der Waals surface area contributed by atoms with Gasteiger partial charge in [0.25, 0.3) is 0 Å². The van der Waals surface area contributed by atoms with E-state index in [9.17, 15) is 22.8 Å². The van der Waals surface area contributed by atoms with Gasteiger partial charge in [-0.15, -0.1) is 0 Å². The predicted molar refractivity (Wildman–Crippen MR) is 118 cm³/mol. The largest absolute Gasteiger partial charge is 0.416 e. The van der Waals surface area contributed by atoms with Crippen molar-refractivity contribution in [2.45, 2.75) is 12.6 Å². The van der Waals surface area contributed by atoms with E-state index >= 15 is 0 Å². The van der Waals surface area contributed by atoms with Gasteiger partial charge in [0.15, 0.2) is 5.43 Å². The fourth-order valence-electron chi connectivity index (χ4n) is 3.71. The third-order valence-corrected chi connectivity index (χ3v) is 5.25. The number of carbonyl (C=O) groups is 1. The van der Waals surface area contributed by atoms with Crippen molar-refractivity contribution in [2.75, 3.05) is 5.32 Å². The smallest absolute Gasteiger partial charge is 0.330 e. The molecule has 7 heteroatoms. The molecule has 0 saturated heterocycles. The number of benzene rings is 3. The van der Waals surface area contributed by atoms with Gasteiger partial charge in [-0.1, -0.05) is 54.6 Å². The lowest BCUT2D eigenvalue weighted by Crippen LogP contribution is -2.22. The minimum Gasteiger partial charge on any atom is -0.330 e. The molecular formula is C25H19F3N2O2. The maximum absolute atomic E-state index is 13.4. The van der Waals surface area contributed by atoms with E-state index in [1.54, 1.807) is 48.0 Å². The number of halogens is 3. The number of para-hydroxylation sites is 1. The molecule has 162 valence electrons. The monoisotopic (exact) mass is 436 g/mol. The summed E-state index contributed by atoms with van der Waals surface area (Å²) >= 11 is 0. The Morgan fingerprint density at radius 2 is 1.62 bits per heavy atom. The average molecular weight is 436 g/mol. The number of aryl methyl sites for hydroxylation is 1. The lowest BCUT2D eigenvalue weighted by atomic mass is 10.00. The van der Waals surface area contributed by atoms with Gasteiger partial charge < -0.3 is 9.88 Å². The quantitative estimate of drug-likeness (QED) is 0.465. The number of amides is 1. The van der Waals surface area contributed by atoms with Crippen LogP contribution in [0.1, 0.15) is 11.1 Å². The highest BCUT2D eigenvalue weighted by Gasteiger charge is 2.31. The molecule has 0 atom stereocenters. The molecule has 4 nitrogen and oxygen atoms in total. The van der Waals surface area contributed by atoms with Crippen LogP contribution < -0.4 is 10.7 Å². The molecule has 1 amide bonds. The van der Waals surface area contributed by atoms with E-state index in [0.29, 0.717) is 10.9 Å². The normalized spacial score (nSPS) is 11.5. The molecule has 0 spiro atoms. The Bertz CT molecular complexity index is 1360. The van der Waals surface area contributed by atoms with E-state index in [1.165, 1.54) is 12.1 Å². The maximum atomic E-state index is 13.4. The highest BCUT2D eigenvalue weighted by Crippen LogP contribution is 2.34. The average Bonchev–Trinajstić information content (AvgIpc) is 2.77. The fourth-order valence-corrected chi connectivity index (χ4v) is 3.71. The zero-order valence-corrected chi connectivity index (χ0v) is 17.1. The van der Waals surface area contributed by atoms with Crippen molar-refractivity contribution in [3.63, 3.8) is 0 Å². The first-order chi connectivity index (χ1) is 15.3. The molecule has 0 unspecified atom stereocenters. The summed E-state index contributed by atoms with van der Waals surface area (Å²) in [5, 5.41) is 3.11. The standard InChI is InChI=1S/C25H19F3N2O2/c1-30-20-13-6-5-12-19(20)23(32)22(17-10-7-11-18(15-17)25(26,27)28)24(30)29-21(31)14-16-8-3-2-4-9-16/h2-13,15H,14H2,1H3,(H,29,31). The molecule has 0 radical (unpaired) electrons. The number of nitrogens with zero attached hydrogens (tertiary/aromatic N) is 1. The van der Waals surface area contributed by atoms with Crippen LogP contribution in [0.2, 0.25) is 0 Å². The van der Waals surface area contributed by atoms with E-state index in [2.05, 4.69) is 5.32 Å². The number of nitrogens with one attached hydrogen (secondary N) is 1. The summed E-state index contributed by atoms with van der Waals surface area (Å²) in [6.45, 7) is 0. The maximum Gasteiger partial charge on any atom is 0.416 e. The number of hydrogen-bond acceptors (Lipinski definition) is 2. The topological polar surface area (TPSA) is 51.1 Å². The Hall–Kier alpha value is -3.87. The van der Waals surface area contributed by atoms with Gasteiger partial charge in [-0.3, -0.25) is 9.59 Å². The first-order valence-electron chi connectivity index (χ1n) is 9.89. The third kappa shape index (κ3) is 4.14. The van der Waals surface area contributed by atoms with Crippen molar-refractivity contribution >= 4 is 22.6 Å². The number of anilines is 1. The van der Waals surface area contributed by atoms with E-state index < -0.39 is 17.2 Å². The lowest BCUT2D eigenvalue weighted by molar-refractivity contribution is -0.137. The first-order valence-corrected chi connectivity index (χ1v) is 9.89. The van der Waals surface area contributed by atoms with E-state index in [0.717, 1.165) is 17.7 Å². The van der Waals surface area contributed by atoms with Gasteiger partial charge in [0, 0.05) is 12.4 Å². The van der Waals surface area contributed by atoms with Gasteiger partial charge in [-0.2, -0.15) is 13.2 Å². The SMILES string of the molecule is Cn1c(NC(=O)Cc2ccccc2)c(-c2cccc(C(F)(F)F)c2)c(=O)c2ccccc21. The third-order valence-electron chi connectivity index (χ3n) is 5.25. The fraction of sp³-hybridized carbons (Fsp3) is 0.120. The van der Waals surface area contributed by atoms with Crippen LogP contribution in [0.3, 0.4) is 0 Å². The molecule has 4 aromatic rings. The van der Waals surface area contributed by atoms with Crippen LogP contribution >= 0.6 is 0 Å². The first kappa shape index (κ1) is 21.4. The highest BCUT2D eigenvalue weighted by atomic mass is 19.4. The summed E-state index contributed by atoms with van der Waals surface area (Å²) in [5.74, 6) is -0.233. The van der Waals surface area contributed by atoms with Gasteiger partial charge in [-0.05, 0) is 35.4 Å². The second-order valence-electron chi connectivity index (χ2n) is 7.42. The minimum absolute atomic E-state index is 0.0127. The zero-order chi connectivity index (χ0) is 22.9. The lowest BCUT2D eigenvalue weighted by Gasteiger charge is -2.19. The van der Waals surface area contributed by atoms with Gasteiger partial charge in [0.1, 0.15) is 5.82 Å². The number of pyridine rings is 1. The molecular weight excluding hydrogens is 417 g/mol. The Morgan fingerprint density at radius 3 is 2.34 bits per heavy atom. The second-order valence-corrected chi connectivity index (χ2v) is 7.42. The summed E-state index contributed by atoms with van der Waals surface area (Å²) in [6.07, 6.45) is -4.50. The summed E-state index contributed by atoms with van der Waals surface area (Å²) in [6, 6.07) is 20.4. The predicted octanol–water partition coefficient (Wildman–Crippen LogP) is 5.41. The summed E-state index contributed by atoms with van der Waals surface area (Å²) < 4.78 is 41.6. The summed E-state index contributed by atoms with van der Waals surface area (Å²) in [7, 11) is 1.66. The molecule has 0 bridgehead atoms. The van der Waals surface area contributed by atoms with Crippen molar-refractivity contribution in [3.8, 4) is 11.1 Å². The number of rotatable bonds is 4. The van der Waals surface area contributed by atoms with E-state index in [4.69, 9.17) is 0 Å². The molecule has 0 saturated carbocycles. The van der Waals surface area contributed by atoms with Crippen LogP contribution in [0.25, 0.3) is 22.0 Å². The van der Waals surface area contributed by atoms with Crippen molar-refractivity contribution in [3.05, 3.63) is 100 Å². The van der Waals surface area contributed by atoms with Crippen LogP contribution in [0.4, 0.5) is 19.0 Å². The van der Waals surface area contributed by atoms with Crippen LogP contribution in [0.15, 0.2) is 83.7 Å². The number of alkyl halides is 3. The molecule has 4 rings (SSSR count). The van der Waals surface area contributed by atoms with Crippen molar-refractivity contribution < 1.29 is 18.0 Å². The highest BCUT2D eigenvalue weighted by molar-refractivity contribution is 5.99. The second kappa shape index (κ2) is 8.34. The van der Waals surface area contributed by atoms with Crippen molar-refractivity contribution in [1.82, 2.24) is 4.57 Å². The molecule has 1 aromatic heterocycles. The Morgan fingerprint density at radius 1 is 0.938 bits per heavy atom. The van der Waals surface area contributed by atoms with Crippen LogP contribution in [-0.2, 0) is 24.4 Å². The summed E-state index contributed by atoms with van der Waals surface area (Å²) in [5.41, 5.74) is 0.111. The van der Waals surface area contributed by atoms with Gasteiger partial charge in [0.2, 0.25) is 5.91 Å². The Labute approximate surface area is 181 Å². The van der Waals surface area contributed by atoms with Crippen LogP contribution in [0.5, 0.6) is 0 Å². The molecule has 0 aliphatic carbocycles. The molecule has 3 aromatic carbocycles. The summed E-state index contributed by atoms with van der Waals surface area (Å²) in [4.78, 5) is 26.1. The zero-order valence-electron chi connectivity index (χ0n) is 17.1. The van der Waals surface area contributed by atoms with Gasteiger partial charge >= 0.3 is 6.18 Å². The molecule has 32 heavy (non-hydrogen) atoms. The molecule has 0 aliphatic rings. The number of carbonyl (C=O) groups excluding carboxylic acids is 1. The molecule has 0 fully saturated rings. The molecule has 1 heterocycles. The number of fused-ring (bicyclic) bond motifs is 1. The van der Waals surface area contributed by atoms with E-state index in [1.807, 2.05) is 18.2 Å².